The first-order chi connectivity index (χ1) is 11.1. The molecule has 0 radical (unpaired) electrons. The van der Waals surface area contributed by atoms with Crippen molar-refractivity contribution in [3.63, 3.8) is 0 Å². The van der Waals surface area contributed by atoms with Gasteiger partial charge in [-0.05, 0) is 0 Å². The molecule has 10 nitrogen and oxygen atoms in total. The molecule has 1 heterocycles. The van der Waals surface area contributed by atoms with E-state index in [4.69, 9.17) is 23.7 Å². The van der Waals surface area contributed by atoms with Gasteiger partial charge < -0.3 is 28.8 Å². The Labute approximate surface area is 137 Å². The Morgan fingerprint density at radius 2 is 1.17 bits per heavy atom. The van der Waals surface area contributed by atoms with Crippen LogP contribution in [0, 0.1) is 0 Å². The molecule has 24 heavy (non-hydrogen) atoms. The Balaban J connectivity index is 3.23. The smallest absolute Gasteiger partial charge is 0.305 e. The highest BCUT2D eigenvalue weighted by molar-refractivity contribution is 5.69. The fraction of sp³-hybridized carbons (Fsp3) is 0.714. The number of aliphatic hydroxyl groups excluding tert-OH is 1. The van der Waals surface area contributed by atoms with Crippen molar-refractivity contribution in [2.24, 2.45) is 0 Å². The van der Waals surface area contributed by atoms with E-state index in [0.717, 1.165) is 27.7 Å². The summed E-state index contributed by atoms with van der Waals surface area (Å²) in [4.78, 5) is 45.3. The molecule has 1 N–H and O–H groups in total. The normalized spacial score (nSPS) is 29.3. The number of esters is 4. The molecule has 0 aromatic carbocycles. The summed E-state index contributed by atoms with van der Waals surface area (Å²) in [5.41, 5.74) is 0. The summed E-state index contributed by atoms with van der Waals surface area (Å²) in [6.45, 7) is 3.77. The quantitative estimate of drug-likeness (QED) is 0.490. The summed E-state index contributed by atoms with van der Waals surface area (Å²) in [7, 11) is 0. The molecule has 0 amide bonds. The molecule has 0 aromatic heterocycles. The molecule has 10 heteroatoms. The van der Waals surface area contributed by atoms with Crippen LogP contribution in [0.1, 0.15) is 27.7 Å². The zero-order valence-corrected chi connectivity index (χ0v) is 13.7. The van der Waals surface area contributed by atoms with Crippen LogP contribution in [-0.2, 0) is 42.9 Å². The molecule has 0 unspecified atom stereocenters. The summed E-state index contributed by atoms with van der Waals surface area (Å²) in [6.07, 6.45) is -6.56. The third kappa shape index (κ3) is 5.46. The van der Waals surface area contributed by atoms with Crippen LogP contribution in [0.15, 0.2) is 0 Å². The maximum absolute atomic E-state index is 11.4. The standard InChI is InChI=1S/C14H20O10/c1-6(16)20-11-10(5-15)24-14(23-9(4)19)13(22-8(3)18)12(11)21-7(2)17/h10-15H,5H2,1-4H3/t10-,11-,12-,13-,14-/m1/s1. The van der Waals surface area contributed by atoms with Gasteiger partial charge in [-0.15, -0.1) is 0 Å². The molecule has 1 saturated heterocycles. The number of aliphatic hydroxyl groups is 1. The van der Waals surface area contributed by atoms with Crippen molar-refractivity contribution >= 4 is 23.9 Å². The van der Waals surface area contributed by atoms with Crippen molar-refractivity contribution in [1.29, 1.82) is 0 Å². The van der Waals surface area contributed by atoms with Crippen molar-refractivity contribution in [1.82, 2.24) is 0 Å². The van der Waals surface area contributed by atoms with Gasteiger partial charge in [0.15, 0.2) is 12.2 Å². The van der Waals surface area contributed by atoms with Crippen molar-refractivity contribution in [3.8, 4) is 0 Å². The molecule has 0 aliphatic carbocycles. The van der Waals surface area contributed by atoms with E-state index in [9.17, 15) is 24.3 Å². The number of hydrogen-bond donors (Lipinski definition) is 1. The number of hydrogen-bond acceptors (Lipinski definition) is 10. The van der Waals surface area contributed by atoms with E-state index in [1.54, 1.807) is 0 Å². The molecule has 1 rings (SSSR count). The fourth-order valence-electron chi connectivity index (χ4n) is 2.26. The van der Waals surface area contributed by atoms with Gasteiger partial charge in [0.05, 0.1) is 6.61 Å². The first kappa shape index (κ1) is 19.8. The van der Waals surface area contributed by atoms with Crippen LogP contribution in [0.4, 0.5) is 0 Å². The van der Waals surface area contributed by atoms with Gasteiger partial charge in [-0.3, -0.25) is 19.2 Å². The maximum atomic E-state index is 11.4. The summed E-state index contributed by atoms with van der Waals surface area (Å²) >= 11 is 0. The molecule has 1 aliphatic rings. The highest BCUT2D eigenvalue weighted by Crippen LogP contribution is 2.29. The van der Waals surface area contributed by atoms with Gasteiger partial charge in [0.1, 0.15) is 6.10 Å². The first-order valence-corrected chi connectivity index (χ1v) is 7.11. The molecule has 0 saturated carbocycles. The van der Waals surface area contributed by atoms with Gasteiger partial charge in [0.2, 0.25) is 12.4 Å². The molecule has 1 fully saturated rings. The van der Waals surface area contributed by atoms with E-state index in [0.29, 0.717) is 0 Å². The molecular formula is C14H20O10. The largest absolute Gasteiger partial charge is 0.456 e. The molecule has 136 valence electrons. The van der Waals surface area contributed by atoms with Crippen LogP contribution in [0.3, 0.4) is 0 Å². The zero-order valence-electron chi connectivity index (χ0n) is 13.7. The van der Waals surface area contributed by atoms with Gasteiger partial charge in [-0.1, -0.05) is 0 Å². The molecule has 0 bridgehead atoms. The minimum Gasteiger partial charge on any atom is -0.456 e. The Morgan fingerprint density at radius 3 is 1.58 bits per heavy atom. The average molecular weight is 348 g/mol. The lowest BCUT2D eigenvalue weighted by Gasteiger charge is -2.43. The van der Waals surface area contributed by atoms with Gasteiger partial charge in [-0.2, -0.15) is 0 Å². The fourth-order valence-corrected chi connectivity index (χ4v) is 2.26. The van der Waals surface area contributed by atoms with Crippen LogP contribution in [-0.4, -0.2) is 66.3 Å². The van der Waals surface area contributed by atoms with E-state index in [1.807, 2.05) is 0 Å². The van der Waals surface area contributed by atoms with E-state index in [2.05, 4.69) is 0 Å². The van der Waals surface area contributed by atoms with E-state index >= 15 is 0 Å². The molecule has 0 aromatic rings. The van der Waals surface area contributed by atoms with Crippen LogP contribution in [0.25, 0.3) is 0 Å². The minimum atomic E-state index is -1.44. The molecule has 1 aliphatic heterocycles. The van der Waals surface area contributed by atoms with Crippen LogP contribution >= 0.6 is 0 Å². The summed E-state index contributed by atoms with van der Waals surface area (Å²) in [5, 5.41) is 9.44. The monoisotopic (exact) mass is 348 g/mol. The van der Waals surface area contributed by atoms with E-state index < -0.39 is 61.2 Å². The van der Waals surface area contributed by atoms with Gasteiger partial charge in [0, 0.05) is 27.7 Å². The summed E-state index contributed by atoms with van der Waals surface area (Å²) < 4.78 is 25.4. The SMILES string of the molecule is CC(=O)O[C@@H]1O[C@H](CO)[C@@H](OC(C)=O)[C@@H](OC(C)=O)[C@H]1OC(C)=O. The first-order valence-electron chi connectivity index (χ1n) is 7.11. The third-order valence-electron chi connectivity index (χ3n) is 2.96. The van der Waals surface area contributed by atoms with Gasteiger partial charge in [0.25, 0.3) is 0 Å². The lowest BCUT2D eigenvalue weighted by molar-refractivity contribution is -0.299. The third-order valence-corrected chi connectivity index (χ3v) is 2.96. The maximum Gasteiger partial charge on any atom is 0.305 e. The summed E-state index contributed by atoms with van der Waals surface area (Å²) in [6, 6.07) is 0. The zero-order chi connectivity index (χ0) is 18.4. The van der Waals surface area contributed by atoms with Gasteiger partial charge in [-0.25, -0.2) is 0 Å². The minimum absolute atomic E-state index is 0.625. The second-order valence-corrected chi connectivity index (χ2v) is 5.06. The van der Waals surface area contributed by atoms with Crippen molar-refractivity contribution < 1.29 is 48.0 Å². The molecule has 5 atom stereocenters. The number of carbonyl (C=O) groups excluding carboxylic acids is 4. The summed E-state index contributed by atoms with van der Waals surface area (Å²) in [5.74, 6) is -3.00. The van der Waals surface area contributed by atoms with Gasteiger partial charge >= 0.3 is 23.9 Å². The molecular weight excluding hydrogens is 328 g/mol. The second-order valence-electron chi connectivity index (χ2n) is 5.06. The highest BCUT2D eigenvalue weighted by Gasteiger charge is 2.53. The van der Waals surface area contributed by atoms with Crippen molar-refractivity contribution in [3.05, 3.63) is 0 Å². The Kier molecular flexibility index (Phi) is 7.11. The van der Waals surface area contributed by atoms with E-state index in [-0.39, 0.29) is 0 Å². The Morgan fingerprint density at radius 1 is 0.750 bits per heavy atom. The number of ether oxygens (including phenoxy) is 5. The van der Waals surface area contributed by atoms with E-state index in [1.165, 1.54) is 0 Å². The lowest BCUT2D eigenvalue weighted by atomic mass is 9.98. The predicted octanol–water partition coefficient (Wildman–Crippen LogP) is -0.938. The predicted molar refractivity (Wildman–Crippen MR) is 74.2 cm³/mol. The Hall–Kier alpha value is -2.20. The lowest BCUT2D eigenvalue weighted by Crippen LogP contribution is -2.62. The number of rotatable bonds is 5. The highest BCUT2D eigenvalue weighted by atomic mass is 16.7. The Bertz CT molecular complexity index is 502. The number of carbonyl (C=O) groups is 4. The van der Waals surface area contributed by atoms with Crippen molar-refractivity contribution in [2.75, 3.05) is 6.61 Å². The second kappa shape index (κ2) is 8.60. The average Bonchev–Trinajstić information content (AvgIpc) is 2.42. The van der Waals surface area contributed by atoms with Crippen molar-refractivity contribution in [2.45, 2.75) is 58.4 Å². The topological polar surface area (TPSA) is 135 Å². The van der Waals surface area contributed by atoms with Crippen LogP contribution < -0.4 is 0 Å². The van der Waals surface area contributed by atoms with Crippen LogP contribution in [0.2, 0.25) is 0 Å². The van der Waals surface area contributed by atoms with Crippen LogP contribution in [0.5, 0.6) is 0 Å². The molecule has 0 spiro atoms.